The number of anilines is 1. The van der Waals surface area contributed by atoms with Gasteiger partial charge in [-0.1, -0.05) is 18.2 Å². The van der Waals surface area contributed by atoms with Crippen LogP contribution in [0, 0.1) is 0 Å². The standard InChI is InChI=1S/C10H9NO2/c12-10(13)5-7-6-11-9-4-2-1-3-8(7)9/h1-5,11H,6H2,(H,12,13)/b7-5+. The fourth-order valence-electron chi connectivity index (χ4n) is 1.48. The third-order valence-electron chi connectivity index (χ3n) is 2.04. The summed E-state index contributed by atoms with van der Waals surface area (Å²) in [7, 11) is 0. The molecule has 0 spiro atoms. The van der Waals surface area contributed by atoms with Gasteiger partial charge < -0.3 is 10.4 Å². The maximum atomic E-state index is 10.5. The van der Waals surface area contributed by atoms with Gasteiger partial charge in [-0.3, -0.25) is 0 Å². The van der Waals surface area contributed by atoms with Gasteiger partial charge in [-0.25, -0.2) is 4.79 Å². The zero-order chi connectivity index (χ0) is 9.26. The third-order valence-corrected chi connectivity index (χ3v) is 2.04. The molecule has 1 aromatic carbocycles. The Balaban J connectivity index is 2.44. The normalized spacial score (nSPS) is 16.8. The highest BCUT2D eigenvalue weighted by Gasteiger charge is 2.14. The van der Waals surface area contributed by atoms with Gasteiger partial charge in [-0.05, 0) is 11.6 Å². The number of rotatable bonds is 1. The van der Waals surface area contributed by atoms with Gasteiger partial charge in [0, 0.05) is 23.9 Å². The van der Waals surface area contributed by atoms with E-state index in [2.05, 4.69) is 5.32 Å². The fourth-order valence-corrected chi connectivity index (χ4v) is 1.48. The SMILES string of the molecule is O=C(O)/C=C1\CNc2ccccc21. The molecule has 0 unspecified atom stereocenters. The van der Waals surface area contributed by atoms with E-state index in [1.54, 1.807) is 0 Å². The summed E-state index contributed by atoms with van der Waals surface area (Å²) in [6.45, 7) is 0.603. The average molecular weight is 175 g/mol. The molecule has 0 fully saturated rings. The lowest BCUT2D eigenvalue weighted by atomic mass is 10.1. The summed E-state index contributed by atoms with van der Waals surface area (Å²) in [6.07, 6.45) is 1.25. The van der Waals surface area contributed by atoms with Crippen LogP contribution >= 0.6 is 0 Å². The first-order valence-corrected chi connectivity index (χ1v) is 4.04. The number of carbonyl (C=O) groups is 1. The Bertz CT molecular complexity index is 382. The first-order valence-electron chi connectivity index (χ1n) is 4.04. The van der Waals surface area contributed by atoms with E-state index in [0.29, 0.717) is 6.54 Å². The van der Waals surface area contributed by atoms with E-state index in [0.717, 1.165) is 16.8 Å². The topological polar surface area (TPSA) is 49.3 Å². The Kier molecular flexibility index (Phi) is 1.77. The molecule has 0 radical (unpaired) electrons. The zero-order valence-electron chi connectivity index (χ0n) is 6.95. The third kappa shape index (κ3) is 1.40. The molecule has 66 valence electrons. The summed E-state index contributed by atoms with van der Waals surface area (Å²) in [5.74, 6) is -0.895. The van der Waals surface area contributed by atoms with Crippen molar-refractivity contribution in [2.45, 2.75) is 0 Å². The van der Waals surface area contributed by atoms with Crippen molar-refractivity contribution >= 4 is 17.2 Å². The second-order valence-corrected chi connectivity index (χ2v) is 2.91. The van der Waals surface area contributed by atoms with Crippen molar-refractivity contribution in [2.24, 2.45) is 0 Å². The first-order chi connectivity index (χ1) is 6.27. The van der Waals surface area contributed by atoms with Gasteiger partial charge in [-0.15, -0.1) is 0 Å². The lowest BCUT2D eigenvalue weighted by Crippen LogP contribution is -1.95. The van der Waals surface area contributed by atoms with E-state index >= 15 is 0 Å². The molecular weight excluding hydrogens is 166 g/mol. The van der Waals surface area contributed by atoms with Crippen LogP contribution < -0.4 is 5.32 Å². The van der Waals surface area contributed by atoms with Crippen molar-refractivity contribution < 1.29 is 9.90 Å². The molecule has 2 rings (SSSR count). The Labute approximate surface area is 75.7 Å². The van der Waals surface area contributed by atoms with Gasteiger partial charge in [0.1, 0.15) is 0 Å². The number of hydrogen-bond donors (Lipinski definition) is 2. The number of nitrogens with one attached hydrogen (secondary N) is 1. The Morgan fingerprint density at radius 3 is 3.00 bits per heavy atom. The minimum absolute atomic E-state index is 0.603. The van der Waals surface area contributed by atoms with Crippen LogP contribution in [0.15, 0.2) is 30.3 Å². The van der Waals surface area contributed by atoms with Crippen LogP contribution in [0.1, 0.15) is 5.56 Å². The Morgan fingerprint density at radius 2 is 2.23 bits per heavy atom. The zero-order valence-corrected chi connectivity index (χ0v) is 6.95. The molecule has 0 amide bonds. The second-order valence-electron chi connectivity index (χ2n) is 2.91. The maximum Gasteiger partial charge on any atom is 0.328 e. The summed E-state index contributed by atoms with van der Waals surface area (Å²) < 4.78 is 0. The molecule has 0 aromatic heterocycles. The second kappa shape index (κ2) is 2.94. The van der Waals surface area contributed by atoms with E-state index in [1.807, 2.05) is 24.3 Å². The summed E-state index contributed by atoms with van der Waals surface area (Å²) in [5.41, 5.74) is 2.84. The van der Waals surface area contributed by atoms with Gasteiger partial charge >= 0.3 is 5.97 Å². The van der Waals surface area contributed by atoms with Crippen molar-refractivity contribution in [1.29, 1.82) is 0 Å². The van der Waals surface area contributed by atoms with Crippen molar-refractivity contribution in [1.82, 2.24) is 0 Å². The number of benzene rings is 1. The number of aliphatic carboxylic acids is 1. The Hall–Kier alpha value is -1.77. The molecule has 13 heavy (non-hydrogen) atoms. The molecule has 0 bridgehead atoms. The molecule has 1 aliphatic heterocycles. The molecule has 2 N–H and O–H groups in total. The fraction of sp³-hybridized carbons (Fsp3) is 0.100. The summed E-state index contributed by atoms with van der Waals surface area (Å²) >= 11 is 0. The summed E-state index contributed by atoms with van der Waals surface area (Å²) in [5, 5.41) is 11.7. The molecule has 0 saturated carbocycles. The maximum absolute atomic E-state index is 10.5. The van der Waals surface area contributed by atoms with Crippen LogP contribution in [0.3, 0.4) is 0 Å². The van der Waals surface area contributed by atoms with Crippen LogP contribution in [0.5, 0.6) is 0 Å². The van der Waals surface area contributed by atoms with Gasteiger partial charge in [0.2, 0.25) is 0 Å². The predicted molar refractivity (Wildman–Crippen MR) is 50.5 cm³/mol. The number of para-hydroxylation sites is 1. The average Bonchev–Trinajstić information content (AvgIpc) is 2.48. The number of carboxylic acids is 1. The van der Waals surface area contributed by atoms with E-state index in [-0.39, 0.29) is 0 Å². The van der Waals surface area contributed by atoms with Crippen LogP contribution in [0.25, 0.3) is 5.57 Å². The lowest BCUT2D eigenvalue weighted by molar-refractivity contribution is -0.131. The molecule has 0 atom stereocenters. The molecule has 3 heteroatoms. The quantitative estimate of drug-likeness (QED) is 0.637. The highest BCUT2D eigenvalue weighted by atomic mass is 16.4. The summed E-state index contributed by atoms with van der Waals surface area (Å²) in [4.78, 5) is 10.5. The van der Waals surface area contributed by atoms with Gasteiger partial charge in [0.15, 0.2) is 0 Å². The largest absolute Gasteiger partial charge is 0.478 e. The molecule has 1 heterocycles. The van der Waals surface area contributed by atoms with Crippen molar-refractivity contribution in [3.05, 3.63) is 35.9 Å². The minimum atomic E-state index is -0.895. The highest BCUT2D eigenvalue weighted by molar-refractivity contribution is 5.95. The van der Waals surface area contributed by atoms with Crippen molar-refractivity contribution in [3.63, 3.8) is 0 Å². The number of hydrogen-bond acceptors (Lipinski definition) is 2. The van der Waals surface area contributed by atoms with Crippen LogP contribution in [-0.4, -0.2) is 17.6 Å². The molecular formula is C10H9NO2. The van der Waals surface area contributed by atoms with Crippen molar-refractivity contribution in [2.75, 3.05) is 11.9 Å². The smallest absolute Gasteiger partial charge is 0.328 e. The van der Waals surface area contributed by atoms with Crippen LogP contribution in [-0.2, 0) is 4.79 Å². The predicted octanol–water partition coefficient (Wildman–Crippen LogP) is 1.58. The molecule has 3 nitrogen and oxygen atoms in total. The van der Waals surface area contributed by atoms with E-state index in [9.17, 15) is 4.79 Å². The highest BCUT2D eigenvalue weighted by Crippen LogP contribution is 2.29. The van der Waals surface area contributed by atoms with Crippen LogP contribution in [0.4, 0.5) is 5.69 Å². The molecule has 1 aliphatic rings. The minimum Gasteiger partial charge on any atom is -0.478 e. The first kappa shape index (κ1) is 7.86. The van der Waals surface area contributed by atoms with Gasteiger partial charge in [0.05, 0.1) is 0 Å². The number of fused-ring (bicyclic) bond motifs is 1. The molecule has 0 aliphatic carbocycles. The number of carboxylic acid groups (broad SMARTS) is 1. The Morgan fingerprint density at radius 1 is 1.46 bits per heavy atom. The van der Waals surface area contributed by atoms with E-state index < -0.39 is 5.97 Å². The monoisotopic (exact) mass is 175 g/mol. The summed E-state index contributed by atoms with van der Waals surface area (Å²) in [6, 6.07) is 7.69. The van der Waals surface area contributed by atoms with Gasteiger partial charge in [0.25, 0.3) is 0 Å². The van der Waals surface area contributed by atoms with Crippen molar-refractivity contribution in [3.8, 4) is 0 Å². The molecule has 0 saturated heterocycles. The van der Waals surface area contributed by atoms with E-state index in [4.69, 9.17) is 5.11 Å². The lowest BCUT2D eigenvalue weighted by Gasteiger charge is -1.95. The van der Waals surface area contributed by atoms with Crippen LogP contribution in [0.2, 0.25) is 0 Å². The van der Waals surface area contributed by atoms with E-state index in [1.165, 1.54) is 6.08 Å². The molecule has 1 aromatic rings. The van der Waals surface area contributed by atoms with Gasteiger partial charge in [-0.2, -0.15) is 0 Å².